The summed E-state index contributed by atoms with van der Waals surface area (Å²) in [6.45, 7) is 3.37. The Hall–Kier alpha value is -2.95. The number of thiazole rings is 2. The standard InChI is InChI=1S/C30H33N5O2S2/c1-29(37)17-30(32,18-29)22-9-7-19(8-10-22)25-26(20-5-3-2-4-6-20)39-28(34-25)23-16-33-27(38-23)21-11-13-35(14-12-21)24(36)15-31/h2-10,16,21,37H,11-15,17-18,31-32H2,1H3. The molecular formula is C30H33N5O2S2. The molecule has 6 rings (SSSR count). The number of carbonyl (C=O) groups excluding carboxylic acids is 1. The number of aromatic nitrogens is 2. The number of carbonyl (C=O) groups is 1. The molecule has 5 N–H and O–H groups in total. The summed E-state index contributed by atoms with van der Waals surface area (Å²) in [5.41, 5.74) is 15.1. The minimum atomic E-state index is -0.690. The van der Waals surface area contributed by atoms with Gasteiger partial charge in [0.05, 0.1) is 32.6 Å². The van der Waals surface area contributed by atoms with Gasteiger partial charge in [-0.3, -0.25) is 4.79 Å². The predicted molar refractivity (Wildman–Crippen MR) is 157 cm³/mol. The molecule has 1 saturated heterocycles. The molecule has 202 valence electrons. The normalized spacial score (nSPS) is 23.5. The lowest BCUT2D eigenvalue weighted by Gasteiger charge is -2.49. The zero-order valence-electron chi connectivity index (χ0n) is 22.0. The molecule has 0 atom stereocenters. The molecule has 0 spiro atoms. The zero-order valence-corrected chi connectivity index (χ0v) is 23.6. The fourth-order valence-electron chi connectivity index (χ4n) is 5.96. The number of likely N-dealkylation sites (tertiary alicyclic amines) is 1. The van der Waals surface area contributed by atoms with Crippen molar-refractivity contribution >= 4 is 28.6 Å². The van der Waals surface area contributed by atoms with Gasteiger partial charge < -0.3 is 21.5 Å². The van der Waals surface area contributed by atoms with E-state index in [0.717, 1.165) is 68.1 Å². The molecule has 1 aliphatic carbocycles. The molecule has 2 aromatic heterocycles. The van der Waals surface area contributed by atoms with Gasteiger partial charge in [-0.05, 0) is 43.7 Å². The van der Waals surface area contributed by atoms with Crippen LogP contribution < -0.4 is 11.5 Å². The van der Waals surface area contributed by atoms with Crippen molar-refractivity contribution in [1.82, 2.24) is 14.9 Å². The minimum Gasteiger partial charge on any atom is -0.390 e. The van der Waals surface area contributed by atoms with E-state index < -0.39 is 11.1 Å². The van der Waals surface area contributed by atoms with Crippen molar-refractivity contribution in [1.29, 1.82) is 0 Å². The van der Waals surface area contributed by atoms with Crippen molar-refractivity contribution in [2.75, 3.05) is 19.6 Å². The largest absolute Gasteiger partial charge is 0.390 e. The van der Waals surface area contributed by atoms with Crippen LogP contribution in [0.4, 0.5) is 0 Å². The number of nitrogens with two attached hydrogens (primary N) is 2. The van der Waals surface area contributed by atoms with E-state index in [9.17, 15) is 9.90 Å². The van der Waals surface area contributed by atoms with E-state index in [1.165, 1.54) is 0 Å². The van der Waals surface area contributed by atoms with Gasteiger partial charge in [-0.25, -0.2) is 9.97 Å². The second kappa shape index (κ2) is 10.2. The van der Waals surface area contributed by atoms with E-state index in [1.54, 1.807) is 22.7 Å². The lowest BCUT2D eigenvalue weighted by Crippen LogP contribution is -2.58. The van der Waals surface area contributed by atoms with E-state index in [4.69, 9.17) is 21.4 Å². The number of aliphatic hydroxyl groups is 1. The summed E-state index contributed by atoms with van der Waals surface area (Å²) in [6.07, 6.45) is 4.87. The van der Waals surface area contributed by atoms with Crippen molar-refractivity contribution in [3.63, 3.8) is 0 Å². The predicted octanol–water partition coefficient (Wildman–Crippen LogP) is 4.96. The van der Waals surface area contributed by atoms with Crippen molar-refractivity contribution in [3.05, 3.63) is 71.4 Å². The van der Waals surface area contributed by atoms with Gasteiger partial charge in [0.1, 0.15) is 5.01 Å². The van der Waals surface area contributed by atoms with E-state index in [1.807, 2.05) is 24.1 Å². The van der Waals surface area contributed by atoms with Crippen LogP contribution in [0, 0.1) is 0 Å². The molecule has 0 radical (unpaired) electrons. The second-order valence-corrected chi connectivity index (χ2v) is 13.1. The monoisotopic (exact) mass is 559 g/mol. The Morgan fingerprint density at radius 2 is 1.74 bits per heavy atom. The van der Waals surface area contributed by atoms with E-state index in [0.29, 0.717) is 18.8 Å². The maximum absolute atomic E-state index is 11.9. The molecule has 1 amide bonds. The van der Waals surface area contributed by atoms with Crippen LogP contribution in [-0.2, 0) is 10.3 Å². The van der Waals surface area contributed by atoms with E-state index >= 15 is 0 Å². The topological polar surface area (TPSA) is 118 Å². The molecule has 2 aromatic carbocycles. The van der Waals surface area contributed by atoms with Crippen LogP contribution >= 0.6 is 22.7 Å². The van der Waals surface area contributed by atoms with Crippen LogP contribution in [0.15, 0.2) is 60.8 Å². The van der Waals surface area contributed by atoms with Crippen molar-refractivity contribution in [2.45, 2.75) is 49.7 Å². The van der Waals surface area contributed by atoms with Gasteiger partial charge in [-0.15, -0.1) is 22.7 Å². The molecule has 39 heavy (non-hydrogen) atoms. The van der Waals surface area contributed by atoms with Gasteiger partial charge in [0, 0.05) is 36.3 Å². The van der Waals surface area contributed by atoms with Gasteiger partial charge in [0.2, 0.25) is 5.91 Å². The third-order valence-corrected chi connectivity index (χ3v) is 10.3. The first-order chi connectivity index (χ1) is 18.7. The summed E-state index contributed by atoms with van der Waals surface area (Å²) in [5.74, 6) is 0.369. The smallest absolute Gasteiger partial charge is 0.236 e. The molecule has 1 aliphatic heterocycles. The number of hydrogen-bond donors (Lipinski definition) is 3. The highest BCUT2D eigenvalue weighted by Gasteiger charge is 2.49. The highest BCUT2D eigenvalue weighted by atomic mass is 32.1. The summed E-state index contributed by atoms with van der Waals surface area (Å²) >= 11 is 3.39. The molecule has 9 heteroatoms. The van der Waals surface area contributed by atoms with Crippen LogP contribution in [0.3, 0.4) is 0 Å². The first-order valence-electron chi connectivity index (χ1n) is 13.4. The number of piperidine rings is 1. The Kier molecular flexibility index (Phi) is 6.89. The fourth-order valence-corrected chi connectivity index (χ4v) is 8.18. The third kappa shape index (κ3) is 5.17. The highest BCUT2D eigenvalue weighted by Crippen LogP contribution is 2.47. The molecule has 4 aromatic rings. The molecule has 2 aliphatic rings. The van der Waals surface area contributed by atoms with Crippen LogP contribution in [0.25, 0.3) is 31.6 Å². The SMILES string of the molecule is CC1(O)CC(N)(c2ccc(-c3nc(-c4cnc(C5CCN(C(=O)CN)CC5)s4)sc3-c3ccccc3)cc2)C1. The maximum atomic E-state index is 11.9. The van der Waals surface area contributed by atoms with Crippen molar-refractivity contribution in [2.24, 2.45) is 11.5 Å². The average Bonchev–Trinajstić information content (AvgIpc) is 3.60. The van der Waals surface area contributed by atoms with Crippen molar-refractivity contribution in [3.8, 4) is 31.6 Å². The highest BCUT2D eigenvalue weighted by molar-refractivity contribution is 7.23. The van der Waals surface area contributed by atoms with Gasteiger partial charge in [0.15, 0.2) is 0 Å². The number of nitrogens with zero attached hydrogens (tertiary/aromatic N) is 3. The molecule has 0 bridgehead atoms. The Morgan fingerprint density at radius 3 is 2.38 bits per heavy atom. The lowest BCUT2D eigenvalue weighted by atomic mass is 9.63. The first kappa shape index (κ1) is 26.3. The Bertz CT molecular complexity index is 1460. The Morgan fingerprint density at radius 1 is 1.05 bits per heavy atom. The molecule has 2 fully saturated rings. The van der Waals surface area contributed by atoms with Gasteiger partial charge in [-0.2, -0.15) is 0 Å². The second-order valence-electron chi connectivity index (χ2n) is 11.1. The van der Waals surface area contributed by atoms with Crippen LogP contribution in [0.5, 0.6) is 0 Å². The zero-order chi connectivity index (χ0) is 27.2. The average molecular weight is 560 g/mol. The summed E-state index contributed by atoms with van der Waals surface area (Å²) in [4.78, 5) is 25.9. The van der Waals surface area contributed by atoms with Crippen LogP contribution in [0.1, 0.15) is 49.1 Å². The molecule has 7 nitrogen and oxygen atoms in total. The minimum absolute atomic E-state index is 0.0197. The van der Waals surface area contributed by atoms with Crippen molar-refractivity contribution < 1.29 is 9.90 Å². The summed E-state index contributed by atoms with van der Waals surface area (Å²) < 4.78 is 0. The molecule has 3 heterocycles. The molecule has 1 saturated carbocycles. The van der Waals surface area contributed by atoms with Crippen LogP contribution in [-0.4, -0.2) is 51.1 Å². The van der Waals surface area contributed by atoms with Gasteiger partial charge in [0.25, 0.3) is 0 Å². The Labute approximate surface area is 236 Å². The van der Waals surface area contributed by atoms with E-state index in [-0.39, 0.29) is 12.5 Å². The number of amides is 1. The molecular weight excluding hydrogens is 526 g/mol. The summed E-state index contributed by atoms with van der Waals surface area (Å²) in [5, 5.41) is 12.3. The lowest BCUT2D eigenvalue weighted by molar-refractivity contribution is -0.130. The third-order valence-electron chi connectivity index (χ3n) is 7.89. The molecule has 0 unspecified atom stereocenters. The number of benzene rings is 2. The van der Waals surface area contributed by atoms with Gasteiger partial charge >= 0.3 is 0 Å². The Balaban J connectivity index is 1.28. The maximum Gasteiger partial charge on any atom is 0.236 e. The van der Waals surface area contributed by atoms with Gasteiger partial charge in [-0.1, -0.05) is 54.6 Å². The quantitative estimate of drug-likeness (QED) is 0.307. The number of rotatable bonds is 6. The summed E-state index contributed by atoms with van der Waals surface area (Å²) in [6, 6.07) is 18.7. The fraction of sp³-hybridized carbons (Fsp3) is 0.367. The van der Waals surface area contributed by atoms with E-state index in [2.05, 4.69) is 48.5 Å². The number of hydrogen-bond acceptors (Lipinski definition) is 8. The summed E-state index contributed by atoms with van der Waals surface area (Å²) in [7, 11) is 0. The van der Waals surface area contributed by atoms with Crippen LogP contribution in [0.2, 0.25) is 0 Å². The first-order valence-corrected chi connectivity index (χ1v) is 15.0.